The van der Waals surface area contributed by atoms with Crippen molar-refractivity contribution in [1.82, 2.24) is 24.7 Å². The second kappa shape index (κ2) is 4.92. The number of anilines is 1. The number of aryl methyl sites for hydroxylation is 1. The second-order valence-corrected chi connectivity index (χ2v) is 3.95. The molecule has 3 aromatic heterocycles. The molecule has 8 nitrogen and oxygen atoms in total. The van der Waals surface area contributed by atoms with E-state index in [1.54, 1.807) is 35.2 Å². The molecule has 20 heavy (non-hydrogen) atoms. The Bertz CT molecular complexity index is 733. The summed E-state index contributed by atoms with van der Waals surface area (Å²) in [4.78, 5) is 23.9. The highest BCUT2D eigenvalue weighted by molar-refractivity contribution is 6.01. The summed E-state index contributed by atoms with van der Waals surface area (Å²) in [5.41, 5.74) is 0.268. The third-order valence-electron chi connectivity index (χ3n) is 2.57. The van der Waals surface area contributed by atoms with E-state index in [-0.39, 0.29) is 11.7 Å². The molecule has 3 rings (SSSR count). The molecule has 0 aromatic carbocycles. The van der Waals surface area contributed by atoms with Crippen LogP contribution in [0.3, 0.4) is 0 Å². The van der Waals surface area contributed by atoms with Crippen LogP contribution >= 0.6 is 0 Å². The van der Waals surface area contributed by atoms with Gasteiger partial charge in [-0.15, -0.1) is 0 Å². The molecule has 0 atom stereocenters. The minimum Gasteiger partial charge on any atom is -0.331 e. The van der Waals surface area contributed by atoms with Gasteiger partial charge in [-0.1, -0.05) is 11.2 Å². The van der Waals surface area contributed by atoms with E-state index in [1.165, 1.54) is 6.20 Å². The number of hydrogen-bond acceptors (Lipinski definition) is 6. The number of imidazole rings is 1. The molecular formula is C12H10N6O2. The molecule has 0 radical (unpaired) electrons. The summed E-state index contributed by atoms with van der Waals surface area (Å²) in [7, 11) is 1.81. The van der Waals surface area contributed by atoms with Crippen LogP contribution in [0, 0.1) is 0 Å². The fourth-order valence-electron chi connectivity index (χ4n) is 1.60. The lowest BCUT2D eigenvalue weighted by Gasteiger charge is -1.97. The minimum absolute atomic E-state index is 0.00125. The molecule has 100 valence electrons. The van der Waals surface area contributed by atoms with Crippen LogP contribution < -0.4 is 5.32 Å². The third kappa shape index (κ3) is 2.26. The first-order chi connectivity index (χ1) is 9.74. The summed E-state index contributed by atoms with van der Waals surface area (Å²) in [6.45, 7) is 0. The van der Waals surface area contributed by atoms with Crippen molar-refractivity contribution in [3.8, 4) is 11.6 Å². The smallest absolute Gasteiger partial charge is 0.328 e. The summed E-state index contributed by atoms with van der Waals surface area (Å²) in [5, 5.41) is 6.24. The van der Waals surface area contributed by atoms with Crippen molar-refractivity contribution < 1.29 is 9.32 Å². The molecule has 0 aliphatic heterocycles. The standard InChI is InChI=1S/C12H10N6O2/c1-18-7-6-14-10(18)9-15-12(20-17-9)16-11(19)8-4-2-3-5-13-8/h2-7H,1H3,(H,15,16,17,19). The van der Waals surface area contributed by atoms with Crippen LogP contribution in [-0.2, 0) is 7.05 Å². The number of nitrogens with one attached hydrogen (secondary N) is 1. The summed E-state index contributed by atoms with van der Waals surface area (Å²) < 4.78 is 6.71. The molecule has 0 aliphatic carbocycles. The number of amides is 1. The highest BCUT2D eigenvalue weighted by Crippen LogP contribution is 2.15. The van der Waals surface area contributed by atoms with Crippen molar-refractivity contribution in [2.45, 2.75) is 0 Å². The maximum absolute atomic E-state index is 11.9. The molecule has 1 amide bonds. The van der Waals surface area contributed by atoms with E-state index in [2.05, 4.69) is 25.4 Å². The van der Waals surface area contributed by atoms with Gasteiger partial charge >= 0.3 is 6.01 Å². The van der Waals surface area contributed by atoms with Crippen LogP contribution in [0.15, 0.2) is 41.3 Å². The monoisotopic (exact) mass is 270 g/mol. The van der Waals surface area contributed by atoms with Crippen LogP contribution in [0.1, 0.15) is 10.5 Å². The molecule has 3 aromatic rings. The number of rotatable bonds is 3. The zero-order chi connectivity index (χ0) is 13.9. The molecule has 0 unspecified atom stereocenters. The normalized spacial score (nSPS) is 10.4. The number of carbonyl (C=O) groups excluding carboxylic acids is 1. The molecule has 0 saturated heterocycles. The lowest BCUT2D eigenvalue weighted by Crippen LogP contribution is -2.13. The Hall–Kier alpha value is -3.03. The van der Waals surface area contributed by atoms with Crippen molar-refractivity contribution in [3.05, 3.63) is 42.5 Å². The van der Waals surface area contributed by atoms with Gasteiger partial charge in [-0.2, -0.15) is 4.98 Å². The van der Waals surface area contributed by atoms with Gasteiger partial charge in [-0.3, -0.25) is 15.1 Å². The first-order valence-electron chi connectivity index (χ1n) is 5.78. The van der Waals surface area contributed by atoms with E-state index < -0.39 is 5.91 Å². The van der Waals surface area contributed by atoms with Crippen molar-refractivity contribution in [1.29, 1.82) is 0 Å². The largest absolute Gasteiger partial charge is 0.331 e. The van der Waals surface area contributed by atoms with Crippen LogP contribution in [0.4, 0.5) is 6.01 Å². The first kappa shape index (κ1) is 12.0. The summed E-state index contributed by atoms with van der Waals surface area (Å²) in [6, 6.07) is 5.03. The maximum atomic E-state index is 11.9. The zero-order valence-corrected chi connectivity index (χ0v) is 10.5. The Labute approximate surface area is 113 Å². The predicted molar refractivity (Wildman–Crippen MR) is 68.7 cm³/mol. The number of aromatic nitrogens is 5. The average molecular weight is 270 g/mol. The Morgan fingerprint density at radius 3 is 2.90 bits per heavy atom. The van der Waals surface area contributed by atoms with Gasteiger partial charge in [0, 0.05) is 25.6 Å². The van der Waals surface area contributed by atoms with Crippen molar-refractivity contribution in [2.24, 2.45) is 7.05 Å². The molecule has 8 heteroatoms. The number of nitrogens with zero attached hydrogens (tertiary/aromatic N) is 5. The summed E-state index contributed by atoms with van der Waals surface area (Å²) in [5.74, 6) is 0.432. The van der Waals surface area contributed by atoms with E-state index in [9.17, 15) is 4.79 Å². The number of carbonyl (C=O) groups is 1. The average Bonchev–Trinajstić information content (AvgIpc) is 3.08. The van der Waals surface area contributed by atoms with Crippen molar-refractivity contribution in [2.75, 3.05) is 5.32 Å². The molecular weight excluding hydrogens is 260 g/mol. The van der Waals surface area contributed by atoms with E-state index >= 15 is 0 Å². The highest BCUT2D eigenvalue weighted by Gasteiger charge is 2.15. The Morgan fingerprint density at radius 1 is 1.30 bits per heavy atom. The Balaban J connectivity index is 1.78. The number of hydrogen-bond donors (Lipinski definition) is 1. The van der Waals surface area contributed by atoms with E-state index in [1.807, 2.05) is 7.05 Å². The van der Waals surface area contributed by atoms with Crippen LogP contribution in [-0.4, -0.2) is 30.6 Å². The molecule has 0 bridgehead atoms. The molecule has 0 spiro atoms. The molecule has 0 saturated carbocycles. The lowest BCUT2D eigenvalue weighted by molar-refractivity contribution is 0.101. The molecule has 0 aliphatic rings. The zero-order valence-electron chi connectivity index (χ0n) is 10.5. The SMILES string of the molecule is Cn1ccnc1-c1noc(NC(=O)c2ccccn2)n1. The van der Waals surface area contributed by atoms with Gasteiger partial charge in [-0.25, -0.2) is 4.98 Å². The van der Waals surface area contributed by atoms with Crippen LogP contribution in [0.5, 0.6) is 0 Å². The van der Waals surface area contributed by atoms with Gasteiger partial charge in [0.05, 0.1) is 0 Å². The van der Waals surface area contributed by atoms with Crippen LogP contribution in [0.2, 0.25) is 0 Å². The van der Waals surface area contributed by atoms with Gasteiger partial charge in [0.15, 0.2) is 5.82 Å². The fraction of sp³-hybridized carbons (Fsp3) is 0.0833. The van der Waals surface area contributed by atoms with Gasteiger partial charge in [0.2, 0.25) is 5.82 Å². The summed E-state index contributed by atoms with van der Waals surface area (Å²) >= 11 is 0. The van der Waals surface area contributed by atoms with E-state index in [4.69, 9.17) is 4.52 Å². The highest BCUT2D eigenvalue weighted by atomic mass is 16.5. The molecule has 1 N–H and O–H groups in total. The first-order valence-corrected chi connectivity index (χ1v) is 5.78. The van der Waals surface area contributed by atoms with Crippen molar-refractivity contribution >= 4 is 11.9 Å². The quantitative estimate of drug-likeness (QED) is 0.765. The predicted octanol–water partition coefficient (Wildman–Crippen LogP) is 1.12. The van der Waals surface area contributed by atoms with Gasteiger partial charge in [0.1, 0.15) is 5.69 Å². The minimum atomic E-state index is -0.416. The second-order valence-electron chi connectivity index (χ2n) is 3.95. The van der Waals surface area contributed by atoms with Crippen molar-refractivity contribution in [3.63, 3.8) is 0 Å². The van der Waals surface area contributed by atoms with Crippen LogP contribution in [0.25, 0.3) is 11.6 Å². The van der Waals surface area contributed by atoms with Gasteiger partial charge in [-0.05, 0) is 12.1 Å². The van der Waals surface area contributed by atoms with E-state index in [0.717, 1.165) is 0 Å². The topological polar surface area (TPSA) is 98.7 Å². The Morgan fingerprint density at radius 2 is 2.20 bits per heavy atom. The van der Waals surface area contributed by atoms with Gasteiger partial charge < -0.3 is 9.09 Å². The molecule has 0 fully saturated rings. The summed E-state index contributed by atoms with van der Waals surface area (Å²) in [6.07, 6.45) is 4.91. The molecule has 3 heterocycles. The fourth-order valence-corrected chi connectivity index (χ4v) is 1.60. The third-order valence-corrected chi connectivity index (χ3v) is 2.57. The van der Waals surface area contributed by atoms with Gasteiger partial charge in [0.25, 0.3) is 5.91 Å². The van der Waals surface area contributed by atoms with E-state index in [0.29, 0.717) is 11.6 Å². The maximum Gasteiger partial charge on any atom is 0.328 e. The number of pyridine rings is 1. The Kier molecular flexibility index (Phi) is 2.96. The lowest BCUT2D eigenvalue weighted by atomic mass is 10.3.